The standard InChI is InChI=1S/C18H13ClF3N3O2S/c19-14-9-11(5-8-23-14)10-24-16(27)25(15(26)17(24)6-7-17)12-1-3-13(4-2-12)28-18(20,21)22/h1-5,8-9H,6-7,10H2. The third-order valence-electron chi connectivity index (χ3n) is 4.72. The highest BCUT2D eigenvalue weighted by atomic mass is 35.5. The lowest BCUT2D eigenvalue weighted by Crippen LogP contribution is -2.36. The molecule has 2 fully saturated rings. The summed E-state index contributed by atoms with van der Waals surface area (Å²) in [6.45, 7) is 0.200. The van der Waals surface area contributed by atoms with E-state index in [2.05, 4.69) is 4.98 Å². The van der Waals surface area contributed by atoms with Gasteiger partial charge in [-0.25, -0.2) is 14.7 Å². The van der Waals surface area contributed by atoms with Crippen LogP contribution >= 0.6 is 23.4 Å². The van der Waals surface area contributed by atoms with E-state index >= 15 is 0 Å². The quantitative estimate of drug-likeness (QED) is 0.397. The molecule has 1 saturated heterocycles. The van der Waals surface area contributed by atoms with Gasteiger partial charge in [-0.1, -0.05) is 11.6 Å². The van der Waals surface area contributed by atoms with Crippen LogP contribution in [0.5, 0.6) is 0 Å². The van der Waals surface area contributed by atoms with Crippen molar-refractivity contribution in [3.8, 4) is 0 Å². The van der Waals surface area contributed by atoms with Crippen molar-refractivity contribution in [3.63, 3.8) is 0 Å². The second-order valence-corrected chi connectivity index (χ2v) is 8.10. The van der Waals surface area contributed by atoms with E-state index < -0.39 is 17.1 Å². The molecule has 4 rings (SSSR count). The minimum absolute atomic E-state index is 0.0141. The van der Waals surface area contributed by atoms with Gasteiger partial charge in [0.15, 0.2) is 0 Å². The van der Waals surface area contributed by atoms with Gasteiger partial charge in [-0.05, 0) is 66.6 Å². The molecule has 2 heterocycles. The first-order valence-corrected chi connectivity index (χ1v) is 9.51. The predicted octanol–water partition coefficient (Wildman–Crippen LogP) is 4.85. The van der Waals surface area contributed by atoms with Crippen LogP contribution in [0.25, 0.3) is 0 Å². The lowest BCUT2D eigenvalue weighted by atomic mass is 10.2. The van der Waals surface area contributed by atoms with E-state index in [4.69, 9.17) is 11.6 Å². The zero-order chi connectivity index (χ0) is 20.1. The zero-order valence-corrected chi connectivity index (χ0v) is 15.8. The maximum atomic E-state index is 13.0. The monoisotopic (exact) mass is 427 g/mol. The van der Waals surface area contributed by atoms with Crippen LogP contribution < -0.4 is 4.90 Å². The Morgan fingerprint density at radius 1 is 1.14 bits per heavy atom. The number of imide groups is 1. The van der Waals surface area contributed by atoms with E-state index in [1.165, 1.54) is 35.4 Å². The first-order chi connectivity index (χ1) is 13.2. The summed E-state index contributed by atoms with van der Waals surface area (Å²) in [5.74, 6) is -0.353. The fourth-order valence-electron chi connectivity index (χ4n) is 3.28. The predicted molar refractivity (Wildman–Crippen MR) is 98.0 cm³/mol. The van der Waals surface area contributed by atoms with Crippen LogP contribution in [0.15, 0.2) is 47.5 Å². The van der Waals surface area contributed by atoms with Crippen molar-refractivity contribution in [1.29, 1.82) is 0 Å². The molecule has 0 unspecified atom stereocenters. The molecule has 3 amide bonds. The van der Waals surface area contributed by atoms with Crippen LogP contribution in [0, 0.1) is 0 Å². The number of urea groups is 1. The summed E-state index contributed by atoms with van der Waals surface area (Å²) in [4.78, 5) is 32.3. The van der Waals surface area contributed by atoms with Crippen molar-refractivity contribution in [2.24, 2.45) is 0 Å². The van der Waals surface area contributed by atoms with Crippen LogP contribution in [-0.4, -0.2) is 32.9 Å². The molecule has 5 nitrogen and oxygen atoms in total. The molecule has 1 aromatic heterocycles. The molecule has 1 aliphatic carbocycles. The Morgan fingerprint density at radius 2 is 1.82 bits per heavy atom. The zero-order valence-electron chi connectivity index (χ0n) is 14.2. The van der Waals surface area contributed by atoms with Crippen molar-refractivity contribution in [2.75, 3.05) is 4.90 Å². The highest BCUT2D eigenvalue weighted by Crippen LogP contribution is 2.50. The SMILES string of the molecule is O=C1N(c2ccc(SC(F)(F)F)cc2)C(=O)C2(CC2)N1Cc1ccnc(Cl)c1. The molecule has 1 saturated carbocycles. The summed E-state index contributed by atoms with van der Waals surface area (Å²) in [6, 6.07) is 8.05. The Labute approximate surface area is 167 Å². The van der Waals surface area contributed by atoms with E-state index in [-0.39, 0.29) is 39.9 Å². The number of hydrogen-bond acceptors (Lipinski definition) is 4. The molecule has 1 aliphatic heterocycles. The summed E-state index contributed by atoms with van der Waals surface area (Å²) in [7, 11) is 0. The number of pyridine rings is 1. The lowest BCUT2D eigenvalue weighted by molar-refractivity contribution is -0.120. The number of nitrogens with zero attached hydrogens (tertiary/aromatic N) is 3. The Morgan fingerprint density at radius 3 is 2.39 bits per heavy atom. The summed E-state index contributed by atoms with van der Waals surface area (Å²) >= 11 is 5.65. The first kappa shape index (κ1) is 19.1. The number of carbonyl (C=O) groups is 2. The van der Waals surface area contributed by atoms with Gasteiger partial charge in [-0.15, -0.1) is 0 Å². The summed E-state index contributed by atoms with van der Waals surface area (Å²) < 4.78 is 37.5. The van der Waals surface area contributed by atoms with Crippen molar-refractivity contribution in [1.82, 2.24) is 9.88 Å². The normalized spacial score (nSPS) is 18.3. The average molecular weight is 428 g/mol. The molecule has 146 valence electrons. The molecule has 2 aromatic rings. The number of alkyl halides is 3. The van der Waals surface area contributed by atoms with Crippen LogP contribution in [0.2, 0.25) is 5.15 Å². The Bertz CT molecular complexity index is 948. The summed E-state index contributed by atoms with van der Waals surface area (Å²) in [5, 5.41) is 0.287. The molecule has 0 atom stereocenters. The highest BCUT2D eigenvalue weighted by Gasteiger charge is 2.65. The van der Waals surface area contributed by atoms with Crippen molar-refractivity contribution >= 4 is 41.0 Å². The Balaban J connectivity index is 1.59. The second kappa shape index (κ2) is 6.66. The Kier molecular flexibility index (Phi) is 4.54. The van der Waals surface area contributed by atoms with Crippen LogP contribution in [-0.2, 0) is 11.3 Å². The average Bonchev–Trinajstić information content (AvgIpc) is 3.38. The number of halogens is 4. The maximum absolute atomic E-state index is 13.0. The number of rotatable bonds is 4. The third kappa shape index (κ3) is 3.44. The number of amides is 3. The number of anilines is 1. The van der Waals surface area contributed by atoms with Gasteiger partial charge in [0.2, 0.25) is 0 Å². The van der Waals surface area contributed by atoms with Crippen molar-refractivity contribution in [3.05, 3.63) is 53.3 Å². The minimum Gasteiger partial charge on any atom is -0.305 e. The van der Waals surface area contributed by atoms with Gasteiger partial charge in [0, 0.05) is 17.6 Å². The molecule has 1 aromatic carbocycles. The molecular weight excluding hydrogens is 415 g/mol. The first-order valence-electron chi connectivity index (χ1n) is 8.32. The van der Waals surface area contributed by atoms with E-state index in [0.717, 1.165) is 10.5 Å². The molecular formula is C18H13ClF3N3O2S. The minimum atomic E-state index is -4.40. The number of thioether (sulfide) groups is 1. The Hall–Kier alpha value is -2.26. The van der Waals surface area contributed by atoms with E-state index in [9.17, 15) is 22.8 Å². The number of hydrogen-bond donors (Lipinski definition) is 0. The van der Waals surface area contributed by atoms with Crippen molar-refractivity contribution < 1.29 is 22.8 Å². The van der Waals surface area contributed by atoms with Gasteiger partial charge in [0.05, 0.1) is 5.69 Å². The topological polar surface area (TPSA) is 53.5 Å². The van der Waals surface area contributed by atoms with Gasteiger partial charge in [-0.3, -0.25) is 4.79 Å². The lowest BCUT2D eigenvalue weighted by Gasteiger charge is -2.21. The van der Waals surface area contributed by atoms with Crippen LogP contribution in [0.4, 0.5) is 23.7 Å². The molecule has 28 heavy (non-hydrogen) atoms. The van der Waals surface area contributed by atoms with Crippen LogP contribution in [0.1, 0.15) is 18.4 Å². The number of benzene rings is 1. The van der Waals surface area contributed by atoms with Gasteiger partial charge >= 0.3 is 11.5 Å². The fraction of sp³-hybridized carbons (Fsp3) is 0.278. The van der Waals surface area contributed by atoms with Gasteiger partial charge in [0.1, 0.15) is 10.7 Å². The molecule has 10 heteroatoms. The third-order valence-corrected chi connectivity index (χ3v) is 5.67. The van der Waals surface area contributed by atoms with E-state index in [0.29, 0.717) is 12.8 Å². The van der Waals surface area contributed by atoms with Crippen molar-refractivity contribution in [2.45, 2.75) is 35.3 Å². The largest absolute Gasteiger partial charge is 0.446 e. The smallest absolute Gasteiger partial charge is 0.305 e. The molecule has 0 radical (unpaired) electrons. The molecule has 0 bridgehead atoms. The van der Waals surface area contributed by atoms with Gasteiger partial charge in [-0.2, -0.15) is 13.2 Å². The summed E-state index contributed by atoms with van der Waals surface area (Å²) in [5.41, 5.74) is -4.29. The van der Waals surface area contributed by atoms with Gasteiger partial charge < -0.3 is 4.90 Å². The number of aromatic nitrogens is 1. The van der Waals surface area contributed by atoms with Gasteiger partial charge in [0.25, 0.3) is 5.91 Å². The highest BCUT2D eigenvalue weighted by molar-refractivity contribution is 8.00. The maximum Gasteiger partial charge on any atom is 0.446 e. The summed E-state index contributed by atoms with van der Waals surface area (Å²) in [6.07, 6.45) is 2.62. The molecule has 0 N–H and O–H groups in total. The van der Waals surface area contributed by atoms with Crippen LogP contribution in [0.3, 0.4) is 0 Å². The van der Waals surface area contributed by atoms with E-state index in [1.807, 2.05) is 0 Å². The molecule has 2 aliphatic rings. The second-order valence-electron chi connectivity index (χ2n) is 6.57. The molecule has 1 spiro atoms. The fourth-order valence-corrected chi connectivity index (χ4v) is 4.02. The number of carbonyl (C=O) groups excluding carboxylic acids is 2. The van der Waals surface area contributed by atoms with E-state index in [1.54, 1.807) is 12.1 Å².